The minimum Gasteiger partial charge on any atom is -0.452 e. The Bertz CT molecular complexity index is 836. The topological polar surface area (TPSA) is 128 Å². The molecule has 8 heteroatoms. The van der Waals surface area contributed by atoms with Gasteiger partial charge in [0.05, 0.1) is 24.2 Å². The predicted octanol–water partition coefficient (Wildman–Crippen LogP) is 0.626. The number of ether oxygens (including phenoxy) is 1. The van der Waals surface area contributed by atoms with E-state index in [1.807, 2.05) is 30.3 Å². The standard InChI is InChI=1S/C19H19N3O5/c20-16(23)11-21-18(25)12-27-19(26)14-8-4-5-9-15(14)22-17(24)10-13-6-2-1-3-7-13/h1-9H,10-12H2,(H2,20,23)(H,21,25)(H,22,24). The summed E-state index contributed by atoms with van der Waals surface area (Å²) < 4.78 is 4.91. The number of benzene rings is 2. The minimum absolute atomic E-state index is 0.113. The van der Waals surface area contributed by atoms with E-state index in [1.165, 1.54) is 6.07 Å². The van der Waals surface area contributed by atoms with Crippen molar-refractivity contribution >= 4 is 29.4 Å². The molecule has 2 rings (SSSR count). The van der Waals surface area contributed by atoms with Crippen LogP contribution in [-0.4, -0.2) is 36.8 Å². The van der Waals surface area contributed by atoms with Gasteiger partial charge in [0.2, 0.25) is 11.8 Å². The van der Waals surface area contributed by atoms with E-state index in [4.69, 9.17) is 10.5 Å². The van der Waals surface area contributed by atoms with Gasteiger partial charge in [0, 0.05) is 0 Å². The number of hydrogen-bond donors (Lipinski definition) is 3. The van der Waals surface area contributed by atoms with Gasteiger partial charge in [-0.15, -0.1) is 0 Å². The molecule has 3 amide bonds. The zero-order valence-corrected chi connectivity index (χ0v) is 14.4. The predicted molar refractivity (Wildman–Crippen MR) is 97.7 cm³/mol. The molecule has 0 unspecified atom stereocenters. The molecule has 0 atom stereocenters. The van der Waals surface area contributed by atoms with E-state index in [2.05, 4.69) is 10.6 Å². The van der Waals surface area contributed by atoms with Gasteiger partial charge in [0.15, 0.2) is 6.61 Å². The van der Waals surface area contributed by atoms with Crippen molar-refractivity contribution in [2.75, 3.05) is 18.5 Å². The van der Waals surface area contributed by atoms with E-state index in [0.717, 1.165) is 5.56 Å². The quantitative estimate of drug-likeness (QED) is 0.588. The van der Waals surface area contributed by atoms with Gasteiger partial charge in [0.25, 0.3) is 5.91 Å². The Balaban J connectivity index is 1.95. The number of hydrogen-bond acceptors (Lipinski definition) is 5. The highest BCUT2D eigenvalue weighted by atomic mass is 16.5. The fraction of sp³-hybridized carbons (Fsp3) is 0.158. The second kappa shape index (κ2) is 9.71. The number of amides is 3. The average molecular weight is 369 g/mol. The van der Waals surface area contributed by atoms with Crippen LogP contribution in [0.3, 0.4) is 0 Å². The van der Waals surface area contributed by atoms with Gasteiger partial charge < -0.3 is 21.1 Å². The molecule has 0 saturated carbocycles. The maximum atomic E-state index is 12.2. The molecule has 0 saturated heterocycles. The Labute approximate surface area is 155 Å². The van der Waals surface area contributed by atoms with Crippen LogP contribution < -0.4 is 16.4 Å². The van der Waals surface area contributed by atoms with Gasteiger partial charge in [-0.25, -0.2) is 4.79 Å². The van der Waals surface area contributed by atoms with Crippen LogP contribution in [0.2, 0.25) is 0 Å². The van der Waals surface area contributed by atoms with E-state index in [1.54, 1.807) is 18.2 Å². The lowest BCUT2D eigenvalue weighted by Crippen LogP contribution is -2.36. The van der Waals surface area contributed by atoms with Crippen LogP contribution in [0.25, 0.3) is 0 Å². The van der Waals surface area contributed by atoms with E-state index in [-0.39, 0.29) is 30.1 Å². The Morgan fingerprint density at radius 2 is 1.56 bits per heavy atom. The van der Waals surface area contributed by atoms with Gasteiger partial charge in [-0.1, -0.05) is 42.5 Å². The minimum atomic E-state index is -0.778. The number of primary amides is 1. The van der Waals surface area contributed by atoms with Crippen molar-refractivity contribution in [3.05, 3.63) is 65.7 Å². The summed E-state index contributed by atoms with van der Waals surface area (Å²) >= 11 is 0. The average Bonchev–Trinajstić information content (AvgIpc) is 2.65. The Hall–Kier alpha value is -3.68. The molecular formula is C19H19N3O5. The molecule has 27 heavy (non-hydrogen) atoms. The second-order valence-electron chi connectivity index (χ2n) is 5.58. The highest BCUT2D eigenvalue weighted by Gasteiger charge is 2.16. The molecule has 2 aromatic rings. The molecule has 0 aliphatic carbocycles. The SMILES string of the molecule is NC(=O)CNC(=O)COC(=O)c1ccccc1NC(=O)Cc1ccccc1. The van der Waals surface area contributed by atoms with E-state index >= 15 is 0 Å². The molecule has 2 aromatic carbocycles. The zero-order chi connectivity index (χ0) is 19.6. The van der Waals surface area contributed by atoms with Crippen LogP contribution in [-0.2, 0) is 25.5 Å². The summed E-state index contributed by atoms with van der Waals surface area (Å²) in [4.78, 5) is 46.5. The van der Waals surface area contributed by atoms with Gasteiger partial charge >= 0.3 is 5.97 Å². The molecule has 0 bridgehead atoms. The molecule has 140 valence electrons. The van der Waals surface area contributed by atoms with Crippen molar-refractivity contribution in [3.63, 3.8) is 0 Å². The summed E-state index contributed by atoms with van der Waals surface area (Å²) in [5.74, 6) is -2.44. The molecular weight excluding hydrogens is 350 g/mol. The van der Waals surface area contributed by atoms with Gasteiger partial charge in [-0.05, 0) is 17.7 Å². The highest BCUT2D eigenvalue weighted by molar-refractivity contribution is 6.02. The van der Waals surface area contributed by atoms with Crippen molar-refractivity contribution in [2.24, 2.45) is 5.73 Å². The molecule has 0 aromatic heterocycles. The summed E-state index contributed by atoms with van der Waals surface area (Å²) in [6.45, 7) is -0.916. The summed E-state index contributed by atoms with van der Waals surface area (Å²) in [6.07, 6.45) is 0.153. The first kappa shape index (κ1) is 19.6. The first-order valence-corrected chi connectivity index (χ1v) is 8.10. The number of para-hydroxylation sites is 1. The van der Waals surface area contributed by atoms with Gasteiger partial charge in [-0.2, -0.15) is 0 Å². The van der Waals surface area contributed by atoms with Crippen LogP contribution in [0.1, 0.15) is 15.9 Å². The fourth-order valence-corrected chi connectivity index (χ4v) is 2.19. The molecule has 0 radical (unpaired) electrons. The number of anilines is 1. The largest absolute Gasteiger partial charge is 0.452 e. The Morgan fingerprint density at radius 3 is 2.26 bits per heavy atom. The van der Waals surface area contributed by atoms with Crippen molar-refractivity contribution in [2.45, 2.75) is 6.42 Å². The zero-order valence-electron chi connectivity index (χ0n) is 14.4. The number of rotatable bonds is 8. The number of esters is 1. The number of carbonyl (C=O) groups is 4. The van der Waals surface area contributed by atoms with Crippen molar-refractivity contribution < 1.29 is 23.9 Å². The first-order valence-electron chi connectivity index (χ1n) is 8.10. The van der Waals surface area contributed by atoms with Gasteiger partial charge in [0.1, 0.15) is 0 Å². The van der Waals surface area contributed by atoms with Crippen LogP contribution in [0.5, 0.6) is 0 Å². The molecule has 0 fully saturated rings. The van der Waals surface area contributed by atoms with E-state index in [0.29, 0.717) is 0 Å². The molecule has 8 nitrogen and oxygen atoms in total. The normalized spacial score (nSPS) is 9.93. The molecule has 0 aliphatic heterocycles. The number of nitrogens with one attached hydrogen (secondary N) is 2. The molecule has 0 spiro atoms. The monoisotopic (exact) mass is 369 g/mol. The maximum Gasteiger partial charge on any atom is 0.340 e. The lowest BCUT2D eigenvalue weighted by molar-refractivity contribution is -0.127. The number of carbonyl (C=O) groups excluding carboxylic acids is 4. The van der Waals surface area contributed by atoms with Crippen molar-refractivity contribution in [1.29, 1.82) is 0 Å². The third-order valence-electron chi connectivity index (χ3n) is 3.42. The summed E-state index contributed by atoms with van der Waals surface area (Å²) in [7, 11) is 0. The molecule has 4 N–H and O–H groups in total. The summed E-state index contributed by atoms with van der Waals surface area (Å²) in [5, 5.41) is 4.87. The van der Waals surface area contributed by atoms with Crippen LogP contribution in [0.15, 0.2) is 54.6 Å². The third kappa shape index (κ3) is 6.62. The van der Waals surface area contributed by atoms with Crippen molar-refractivity contribution in [3.8, 4) is 0 Å². The van der Waals surface area contributed by atoms with E-state index < -0.39 is 24.4 Å². The fourth-order valence-electron chi connectivity index (χ4n) is 2.19. The summed E-state index contributed by atoms with van der Waals surface area (Å²) in [6, 6.07) is 15.5. The first-order chi connectivity index (χ1) is 13.0. The third-order valence-corrected chi connectivity index (χ3v) is 3.42. The Kier molecular flexibility index (Phi) is 7.07. The highest BCUT2D eigenvalue weighted by Crippen LogP contribution is 2.16. The van der Waals surface area contributed by atoms with E-state index in [9.17, 15) is 19.2 Å². The van der Waals surface area contributed by atoms with Crippen LogP contribution >= 0.6 is 0 Å². The van der Waals surface area contributed by atoms with Crippen LogP contribution in [0, 0.1) is 0 Å². The second-order valence-corrected chi connectivity index (χ2v) is 5.58. The molecule has 0 aliphatic rings. The van der Waals surface area contributed by atoms with Gasteiger partial charge in [-0.3, -0.25) is 14.4 Å². The summed E-state index contributed by atoms with van der Waals surface area (Å²) in [5.41, 5.74) is 6.13. The smallest absolute Gasteiger partial charge is 0.340 e. The molecule has 0 heterocycles. The number of nitrogens with two attached hydrogens (primary N) is 1. The lowest BCUT2D eigenvalue weighted by atomic mass is 10.1. The van der Waals surface area contributed by atoms with Crippen LogP contribution in [0.4, 0.5) is 5.69 Å². The lowest BCUT2D eigenvalue weighted by Gasteiger charge is -2.11. The Morgan fingerprint density at radius 1 is 0.889 bits per heavy atom. The maximum absolute atomic E-state index is 12.2. The van der Waals surface area contributed by atoms with Crippen molar-refractivity contribution in [1.82, 2.24) is 5.32 Å².